The zero-order valence-corrected chi connectivity index (χ0v) is 13.5. The van der Waals surface area contributed by atoms with Gasteiger partial charge < -0.3 is 10.2 Å². The van der Waals surface area contributed by atoms with Gasteiger partial charge in [-0.15, -0.1) is 0 Å². The van der Waals surface area contributed by atoms with E-state index in [0.29, 0.717) is 31.5 Å². The van der Waals surface area contributed by atoms with E-state index in [4.69, 9.17) is 0 Å². The molecule has 0 aliphatic heterocycles. The predicted octanol–water partition coefficient (Wildman–Crippen LogP) is 4.06. The minimum Gasteiger partial charge on any atom is -0.326 e. The maximum absolute atomic E-state index is 13.1. The van der Waals surface area contributed by atoms with Crippen molar-refractivity contribution in [1.29, 1.82) is 0 Å². The van der Waals surface area contributed by atoms with Gasteiger partial charge >= 0.3 is 6.18 Å². The maximum Gasteiger partial charge on any atom is 0.392 e. The highest BCUT2D eigenvalue weighted by molar-refractivity contribution is 5.92. The number of hydrogen-bond acceptors (Lipinski definition) is 2. The van der Waals surface area contributed by atoms with Crippen molar-refractivity contribution in [2.45, 2.75) is 38.4 Å². The van der Waals surface area contributed by atoms with Gasteiger partial charge in [-0.25, -0.2) is 0 Å². The highest BCUT2D eigenvalue weighted by atomic mass is 19.4. The highest BCUT2D eigenvalue weighted by Gasteiger charge is 2.48. The van der Waals surface area contributed by atoms with Crippen LogP contribution in [-0.4, -0.2) is 31.1 Å². The van der Waals surface area contributed by atoms with Gasteiger partial charge in [-0.3, -0.25) is 4.79 Å². The highest BCUT2D eigenvalue weighted by Crippen LogP contribution is 2.41. The quantitative estimate of drug-likeness (QED) is 0.904. The number of hydrogen-bond donors (Lipinski definition) is 1. The number of carbonyl (C=O) groups excluding carboxylic acids is 1. The zero-order valence-electron chi connectivity index (χ0n) is 13.5. The summed E-state index contributed by atoms with van der Waals surface area (Å²) in [6.45, 7) is 0.707. The number of carbonyl (C=O) groups is 1. The maximum atomic E-state index is 13.1. The second-order valence-electron chi connectivity index (χ2n) is 6.47. The Morgan fingerprint density at radius 3 is 2.61 bits per heavy atom. The Kier molecular flexibility index (Phi) is 5.68. The molecule has 1 amide bonds. The van der Waals surface area contributed by atoms with Gasteiger partial charge in [-0.2, -0.15) is 13.2 Å². The molecule has 0 aromatic heterocycles. The number of benzene rings is 1. The molecule has 128 valence electrons. The Morgan fingerprint density at radius 2 is 1.96 bits per heavy atom. The molecular formula is C17H23F3N2O. The third-order valence-electron chi connectivity index (χ3n) is 4.22. The summed E-state index contributed by atoms with van der Waals surface area (Å²) in [4.78, 5) is 14.3. The molecule has 23 heavy (non-hydrogen) atoms. The lowest BCUT2D eigenvalue weighted by atomic mass is 9.78. The first kappa shape index (κ1) is 17.8. The Hall–Kier alpha value is -1.56. The standard InChI is InChI=1S/C17H23F3N2O/c1-22(2)11-12-6-5-7-13(10-12)21-16(23)14-8-3-4-9-15(14)17(18,19)20/h5-7,10,14-15H,3-4,8-9,11H2,1-2H3,(H,21,23). The fourth-order valence-electron chi connectivity index (χ4n) is 3.18. The lowest BCUT2D eigenvalue weighted by Crippen LogP contribution is -2.39. The predicted molar refractivity (Wildman–Crippen MR) is 84.0 cm³/mol. The monoisotopic (exact) mass is 328 g/mol. The molecule has 0 radical (unpaired) electrons. The van der Waals surface area contributed by atoms with Crippen molar-refractivity contribution in [3.8, 4) is 0 Å². The summed E-state index contributed by atoms with van der Waals surface area (Å²) < 4.78 is 39.3. The van der Waals surface area contributed by atoms with E-state index in [1.165, 1.54) is 0 Å². The van der Waals surface area contributed by atoms with Crippen LogP contribution < -0.4 is 5.32 Å². The average Bonchev–Trinajstić information content (AvgIpc) is 2.46. The first-order chi connectivity index (χ1) is 10.8. The number of halogens is 3. The van der Waals surface area contributed by atoms with Crippen LogP contribution in [0.4, 0.5) is 18.9 Å². The van der Waals surface area contributed by atoms with Crippen LogP contribution in [0.3, 0.4) is 0 Å². The summed E-state index contributed by atoms with van der Waals surface area (Å²) >= 11 is 0. The van der Waals surface area contributed by atoms with Crippen molar-refractivity contribution in [2.24, 2.45) is 11.8 Å². The summed E-state index contributed by atoms with van der Waals surface area (Å²) in [5, 5.41) is 2.67. The normalized spacial score (nSPS) is 22.2. The van der Waals surface area contributed by atoms with Gasteiger partial charge in [0.1, 0.15) is 0 Å². The van der Waals surface area contributed by atoms with Crippen LogP contribution in [-0.2, 0) is 11.3 Å². The number of nitrogens with one attached hydrogen (secondary N) is 1. The zero-order chi connectivity index (χ0) is 17.0. The smallest absolute Gasteiger partial charge is 0.326 e. The second-order valence-corrected chi connectivity index (χ2v) is 6.47. The second kappa shape index (κ2) is 7.34. The van der Waals surface area contributed by atoms with E-state index in [1.807, 2.05) is 31.1 Å². The molecule has 0 bridgehead atoms. The van der Waals surface area contributed by atoms with Crippen LogP contribution in [0.5, 0.6) is 0 Å². The van der Waals surface area contributed by atoms with E-state index in [1.54, 1.807) is 12.1 Å². The Balaban J connectivity index is 2.08. The van der Waals surface area contributed by atoms with Gasteiger partial charge in [-0.05, 0) is 44.6 Å². The van der Waals surface area contributed by atoms with Crippen LogP contribution in [0.15, 0.2) is 24.3 Å². The first-order valence-corrected chi connectivity index (χ1v) is 7.88. The van der Waals surface area contributed by atoms with Gasteiger partial charge in [0.25, 0.3) is 0 Å². The van der Waals surface area contributed by atoms with E-state index in [0.717, 1.165) is 5.56 Å². The third kappa shape index (κ3) is 4.96. The molecule has 1 fully saturated rings. The van der Waals surface area contributed by atoms with Crippen LogP contribution in [0.25, 0.3) is 0 Å². The van der Waals surface area contributed by atoms with Crippen molar-refractivity contribution in [3.63, 3.8) is 0 Å². The summed E-state index contributed by atoms with van der Waals surface area (Å²) in [6.07, 6.45) is -2.76. The molecular weight excluding hydrogens is 305 g/mol. The van der Waals surface area contributed by atoms with Crippen LogP contribution in [0.1, 0.15) is 31.2 Å². The van der Waals surface area contributed by atoms with Gasteiger partial charge in [-0.1, -0.05) is 25.0 Å². The van der Waals surface area contributed by atoms with E-state index in [9.17, 15) is 18.0 Å². The van der Waals surface area contributed by atoms with E-state index in [2.05, 4.69) is 5.32 Å². The van der Waals surface area contributed by atoms with E-state index < -0.39 is 23.9 Å². The summed E-state index contributed by atoms with van der Waals surface area (Å²) in [5.74, 6) is -3.03. The van der Waals surface area contributed by atoms with Crippen LogP contribution in [0.2, 0.25) is 0 Å². The lowest BCUT2D eigenvalue weighted by Gasteiger charge is -2.32. The van der Waals surface area contributed by atoms with Gasteiger partial charge in [0.15, 0.2) is 0 Å². The number of nitrogens with zero attached hydrogens (tertiary/aromatic N) is 1. The minimum absolute atomic E-state index is 0.0439. The van der Waals surface area contributed by atoms with Gasteiger partial charge in [0.2, 0.25) is 5.91 Å². The molecule has 1 aromatic carbocycles. The van der Waals surface area contributed by atoms with Crippen molar-refractivity contribution < 1.29 is 18.0 Å². The summed E-state index contributed by atoms with van der Waals surface area (Å²) in [5.41, 5.74) is 1.56. The molecule has 2 atom stereocenters. The lowest BCUT2D eigenvalue weighted by molar-refractivity contribution is -0.197. The molecule has 0 saturated heterocycles. The van der Waals surface area contributed by atoms with E-state index in [-0.39, 0.29) is 6.42 Å². The van der Waals surface area contributed by atoms with Crippen LogP contribution in [0, 0.1) is 11.8 Å². The first-order valence-electron chi connectivity index (χ1n) is 7.88. The largest absolute Gasteiger partial charge is 0.392 e. The Morgan fingerprint density at radius 1 is 1.26 bits per heavy atom. The SMILES string of the molecule is CN(C)Cc1cccc(NC(=O)C2CCCCC2C(F)(F)F)c1. The fraction of sp³-hybridized carbons (Fsp3) is 0.588. The fourth-order valence-corrected chi connectivity index (χ4v) is 3.18. The van der Waals surface area contributed by atoms with Crippen LogP contribution >= 0.6 is 0 Å². The van der Waals surface area contributed by atoms with Gasteiger partial charge in [0, 0.05) is 18.2 Å². The summed E-state index contributed by atoms with van der Waals surface area (Å²) in [7, 11) is 3.86. The minimum atomic E-state index is -4.31. The Bertz CT molecular complexity index is 543. The molecule has 1 aliphatic rings. The molecule has 2 unspecified atom stereocenters. The molecule has 1 N–H and O–H groups in total. The molecule has 2 rings (SSSR count). The molecule has 0 heterocycles. The molecule has 1 saturated carbocycles. The van der Waals surface area contributed by atoms with Gasteiger partial charge in [0.05, 0.1) is 5.92 Å². The molecule has 1 aliphatic carbocycles. The third-order valence-corrected chi connectivity index (χ3v) is 4.22. The topological polar surface area (TPSA) is 32.3 Å². The van der Waals surface area contributed by atoms with E-state index >= 15 is 0 Å². The summed E-state index contributed by atoms with van der Waals surface area (Å²) in [6, 6.07) is 7.25. The number of alkyl halides is 3. The van der Waals surface area contributed by atoms with Crippen molar-refractivity contribution >= 4 is 11.6 Å². The van der Waals surface area contributed by atoms with Crippen molar-refractivity contribution in [2.75, 3.05) is 19.4 Å². The molecule has 1 aromatic rings. The molecule has 6 heteroatoms. The molecule has 3 nitrogen and oxygen atoms in total. The number of rotatable bonds is 4. The van der Waals surface area contributed by atoms with Crippen molar-refractivity contribution in [3.05, 3.63) is 29.8 Å². The number of anilines is 1. The Labute approximate surface area is 134 Å². The van der Waals surface area contributed by atoms with Crippen molar-refractivity contribution in [1.82, 2.24) is 4.90 Å². The average molecular weight is 328 g/mol. The molecule has 0 spiro atoms. The number of amides is 1.